The number of hydrogen-bond donors (Lipinski definition) is 2. The van der Waals surface area contributed by atoms with Crippen molar-refractivity contribution in [2.24, 2.45) is 0 Å². The van der Waals surface area contributed by atoms with Crippen LogP contribution in [0.15, 0.2) is 29.7 Å². The van der Waals surface area contributed by atoms with E-state index < -0.39 is 0 Å². The minimum absolute atomic E-state index is 0.145. The van der Waals surface area contributed by atoms with Crippen LogP contribution in [0.1, 0.15) is 12.0 Å². The first-order valence-corrected chi connectivity index (χ1v) is 8.01. The number of cyclic esters (lactones) is 1. The average molecular weight is 330 g/mol. The number of aromatic nitrogens is 5. The van der Waals surface area contributed by atoms with E-state index in [0.29, 0.717) is 24.5 Å². The fourth-order valence-corrected chi connectivity index (χ4v) is 3.40. The van der Waals surface area contributed by atoms with Crippen LogP contribution in [0.4, 0.5) is 5.82 Å². The lowest BCUT2D eigenvalue weighted by molar-refractivity contribution is -0.137. The fraction of sp³-hybridized carbons (Fsp3) is 0.286. The number of aromatic amines is 1. The van der Waals surface area contributed by atoms with Gasteiger partial charge in [-0.3, -0.25) is 9.89 Å². The minimum atomic E-state index is -0.155. The maximum absolute atomic E-state index is 11.5. The van der Waals surface area contributed by atoms with Crippen LogP contribution in [0.3, 0.4) is 0 Å². The molecule has 1 fully saturated rings. The number of nitrogens with two attached hydrogens (primary N) is 1. The molecule has 3 aromatic heterocycles. The summed E-state index contributed by atoms with van der Waals surface area (Å²) in [6.07, 6.45) is 4.24. The molecule has 3 aromatic rings. The number of hydrogen-bond acceptors (Lipinski definition) is 7. The molecule has 9 heteroatoms. The van der Waals surface area contributed by atoms with Crippen molar-refractivity contribution in [1.82, 2.24) is 24.7 Å². The standard InChI is InChI=1S/C14H14N6O2S/c15-12-11-13(19-18-12)20(7-17-11)6-8-1-2-10(16-5-8)23-9-3-4-22-14(9)21/h1-2,5,7,9H,3-4,6H2,(H3,15,18,19). The first-order valence-electron chi connectivity index (χ1n) is 7.13. The Kier molecular flexibility index (Phi) is 3.41. The molecule has 0 aliphatic carbocycles. The highest BCUT2D eigenvalue weighted by Crippen LogP contribution is 2.28. The molecule has 23 heavy (non-hydrogen) atoms. The number of anilines is 1. The zero-order valence-electron chi connectivity index (χ0n) is 12.1. The molecule has 4 heterocycles. The molecule has 1 unspecified atom stereocenters. The molecule has 3 N–H and O–H groups in total. The van der Waals surface area contributed by atoms with Crippen molar-refractivity contribution in [3.63, 3.8) is 0 Å². The second-order valence-corrected chi connectivity index (χ2v) is 6.47. The molecule has 1 aliphatic heterocycles. The summed E-state index contributed by atoms with van der Waals surface area (Å²) in [6, 6.07) is 3.90. The highest BCUT2D eigenvalue weighted by atomic mass is 32.2. The summed E-state index contributed by atoms with van der Waals surface area (Å²) < 4.78 is 6.86. The number of ether oxygens (including phenoxy) is 1. The van der Waals surface area contributed by atoms with Gasteiger partial charge in [-0.05, 0) is 11.6 Å². The molecule has 1 atom stereocenters. The SMILES string of the molecule is Nc1[nH]nc2c1ncn2Cc1ccc(SC2CCOC2=O)nc1. The Hall–Kier alpha value is -2.55. The molecule has 118 valence electrons. The third-order valence-electron chi connectivity index (χ3n) is 3.65. The van der Waals surface area contributed by atoms with E-state index in [-0.39, 0.29) is 11.2 Å². The number of thioether (sulfide) groups is 1. The van der Waals surface area contributed by atoms with Crippen LogP contribution >= 0.6 is 11.8 Å². The van der Waals surface area contributed by atoms with Gasteiger partial charge in [0.2, 0.25) is 0 Å². The van der Waals surface area contributed by atoms with Crippen LogP contribution in [0, 0.1) is 0 Å². The molecule has 0 aromatic carbocycles. The highest BCUT2D eigenvalue weighted by Gasteiger charge is 2.27. The van der Waals surface area contributed by atoms with Crippen molar-refractivity contribution in [3.8, 4) is 0 Å². The van der Waals surface area contributed by atoms with Gasteiger partial charge >= 0.3 is 5.97 Å². The van der Waals surface area contributed by atoms with Gasteiger partial charge in [-0.15, -0.1) is 0 Å². The van der Waals surface area contributed by atoms with Crippen LogP contribution in [0.2, 0.25) is 0 Å². The largest absolute Gasteiger partial charge is 0.465 e. The third-order valence-corrected chi connectivity index (χ3v) is 4.84. The lowest BCUT2D eigenvalue weighted by Gasteiger charge is -2.06. The summed E-state index contributed by atoms with van der Waals surface area (Å²) in [7, 11) is 0. The third kappa shape index (κ3) is 2.63. The Morgan fingerprint density at radius 1 is 1.43 bits per heavy atom. The second-order valence-electron chi connectivity index (χ2n) is 5.25. The summed E-state index contributed by atoms with van der Waals surface area (Å²) in [5, 5.41) is 7.53. The summed E-state index contributed by atoms with van der Waals surface area (Å²) in [5.74, 6) is 0.310. The normalized spacial score (nSPS) is 17.7. The summed E-state index contributed by atoms with van der Waals surface area (Å²) in [5.41, 5.74) is 8.15. The minimum Gasteiger partial charge on any atom is -0.465 e. The molecule has 1 saturated heterocycles. The smallest absolute Gasteiger partial charge is 0.319 e. The topological polar surface area (TPSA) is 112 Å². The number of nitrogen functional groups attached to an aromatic ring is 1. The lowest BCUT2D eigenvalue weighted by atomic mass is 10.3. The van der Waals surface area contributed by atoms with Gasteiger partial charge < -0.3 is 15.0 Å². The molecule has 0 saturated carbocycles. The van der Waals surface area contributed by atoms with Crippen LogP contribution in [0.25, 0.3) is 11.2 Å². The molecule has 1 aliphatic rings. The van der Waals surface area contributed by atoms with Crippen molar-refractivity contribution in [1.29, 1.82) is 0 Å². The number of carbonyl (C=O) groups is 1. The number of nitrogens with zero attached hydrogens (tertiary/aromatic N) is 4. The molecular formula is C14H14N6O2S. The zero-order valence-corrected chi connectivity index (χ0v) is 12.9. The van der Waals surface area contributed by atoms with Crippen molar-refractivity contribution in [3.05, 3.63) is 30.2 Å². The van der Waals surface area contributed by atoms with Crippen LogP contribution in [-0.4, -0.2) is 42.6 Å². The van der Waals surface area contributed by atoms with Crippen LogP contribution < -0.4 is 5.73 Å². The number of fused-ring (bicyclic) bond motifs is 1. The van der Waals surface area contributed by atoms with E-state index in [4.69, 9.17) is 10.5 Å². The van der Waals surface area contributed by atoms with Crippen molar-refractivity contribution in [2.75, 3.05) is 12.3 Å². The van der Waals surface area contributed by atoms with Crippen molar-refractivity contribution >= 4 is 34.7 Å². The summed E-state index contributed by atoms with van der Waals surface area (Å²) in [4.78, 5) is 20.1. The van der Waals surface area contributed by atoms with E-state index in [0.717, 1.165) is 22.7 Å². The Morgan fingerprint density at radius 3 is 3.09 bits per heavy atom. The van der Waals surface area contributed by atoms with E-state index in [1.165, 1.54) is 11.8 Å². The Balaban J connectivity index is 1.48. The van der Waals surface area contributed by atoms with Gasteiger partial charge in [0.15, 0.2) is 11.2 Å². The Morgan fingerprint density at radius 2 is 2.35 bits per heavy atom. The van der Waals surface area contributed by atoms with Crippen LogP contribution in [0.5, 0.6) is 0 Å². The van der Waals surface area contributed by atoms with Gasteiger partial charge in [-0.1, -0.05) is 17.8 Å². The van der Waals surface area contributed by atoms with Gasteiger partial charge in [-0.2, -0.15) is 5.10 Å². The van der Waals surface area contributed by atoms with Gasteiger partial charge in [0.1, 0.15) is 11.1 Å². The predicted octanol–water partition coefficient (Wildman–Crippen LogP) is 1.19. The highest BCUT2D eigenvalue weighted by molar-refractivity contribution is 8.00. The number of pyridine rings is 1. The quantitative estimate of drug-likeness (QED) is 0.691. The van der Waals surface area contributed by atoms with E-state index in [1.54, 1.807) is 12.5 Å². The predicted molar refractivity (Wildman–Crippen MR) is 84.9 cm³/mol. The fourth-order valence-electron chi connectivity index (χ4n) is 2.47. The summed E-state index contributed by atoms with van der Waals surface area (Å²) in [6.45, 7) is 1.10. The molecule has 0 spiro atoms. The molecule has 8 nitrogen and oxygen atoms in total. The maximum atomic E-state index is 11.5. The van der Waals surface area contributed by atoms with Crippen LogP contribution in [-0.2, 0) is 16.1 Å². The number of H-pyrrole nitrogens is 1. The van der Waals surface area contributed by atoms with Gasteiger partial charge in [0.25, 0.3) is 0 Å². The van der Waals surface area contributed by atoms with Gasteiger partial charge in [0.05, 0.1) is 24.5 Å². The Bertz CT molecular complexity index is 856. The van der Waals surface area contributed by atoms with Crippen molar-refractivity contribution < 1.29 is 9.53 Å². The molecule has 0 amide bonds. The lowest BCUT2D eigenvalue weighted by Crippen LogP contribution is -2.09. The molecular weight excluding hydrogens is 316 g/mol. The second kappa shape index (κ2) is 5.58. The van der Waals surface area contributed by atoms with E-state index in [1.807, 2.05) is 16.7 Å². The first-order chi connectivity index (χ1) is 11.2. The maximum Gasteiger partial charge on any atom is 0.319 e. The monoisotopic (exact) mass is 330 g/mol. The number of rotatable bonds is 4. The van der Waals surface area contributed by atoms with Crippen molar-refractivity contribution in [2.45, 2.75) is 23.2 Å². The first kappa shape index (κ1) is 14.1. The van der Waals surface area contributed by atoms with Gasteiger partial charge in [-0.25, -0.2) is 9.97 Å². The number of esters is 1. The van der Waals surface area contributed by atoms with E-state index in [9.17, 15) is 4.79 Å². The number of carbonyl (C=O) groups excluding carboxylic acids is 1. The number of nitrogens with one attached hydrogen (secondary N) is 1. The zero-order chi connectivity index (χ0) is 15.8. The average Bonchev–Trinajstić information content (AvgIpc) is 3.23. The van der Waals surface area contributed by atoms with Gasteiger partial charge in [0, 0.05) is 12.6 Å². The number of imidazole rings is 1. The summed E-state index contributed by atoms with van der Waals surface area (Å²) >= 11 is 1.44. The van der Waals surface area contributed by atoms with E-state index in [2.05, 4.69) is 20.2 Å². The molecule has 0 bridgehead atoms. The molecule has 0 radical (unpaired) electrons. The molecule has 4 rings (SSSR count). The Labute approximate surface area is 135 Å². The van der Waals surface area contributed by atoms with E-state index >= 15 is 0 Å².